The minimum absolute atomic E-state index is 0.208. The first-order chi connectivity index (χ1) is 18.8. The summed E-state index contributed by atoms with van der Waals surface area (Å²) in [5.41, 5.74) is 2.51. The number of esters is 2. The van der Waals surface area contributed by atoms with Gasteiger partial charge < -0.3 is 13.9 Å². The number of rotatable bonds is 6. The molecular weight excluding hydrogens is 584 g/mol. The molecule has 0 saturated carbocycles. The van der Waals surface area contributed by atoms with Crippen molar-refractivity contribution in [3.05, 3.63) is 113 Å². The standard InChI is InChI=1S/C29H23BrN2O6S/c1-4-37-28(35)24-16(2)31-29-32(25(24)18-9-11-20(30)12-10-18)26(33)23(39-29)15-21-13-14-22(38-21)17-5-7-19(8-6-17)27(34)36-3/h5-15,25H,4H2,1-3H3/b23-15-/t25-/m0/s1. The number of ether oxygens (including phenoxy) is 2. The van der Waals surface area contributed by atoms with Crippen LogP contribution in [0.3, 0.4) is 0 Å². The lowest BCUT2D eigenvalue weighted by atomic mass is 9.96. The second kappa shape index (κ2) is 11.0. The Kier molecular flexibility index (Phi) is 7.49. The summed E-state index contributed by atoms with van der Waals surface area (Å²) in [6.45, 7) is 3.70. The molecule has 0 N–H and O–H groups in total. The van der Waals surface area contributed by atoms with Gasteiger partial charge in [-0.1, -0.05) is 51.5 Å². The quantitative estimate of drug-likeness (QED) is 0.297. The molecule has 0 saturated heterocycles. The molecule has 10 heteroatoms. The van der Waals surface area contributed by atoms with E-state index in [0.717, 1.165) is 15.6 Å². The molecule has 0 fully saturated rings. The van der Waals surface area contributed by atoms with Crippen LogP contribution >= 0.6 is 27.3 Å². The van der Waals surface area contributed by atoms with E-state index in [2.05, 4.69) is 20.9 Å². The van der Waals surface area contributed by atoms with Gasteiger partial charge in [-0.05, 0) is 55.8 Å². The molecule has 1 aliphatic heterocycles. The zero-order valence-electron chi connectivity index (χ0n) is 21.3. The molecule has 0 amide bonds. The summed E-state index contributed by atoms with van der Waals surface area (Å²) in [5, 5.41) is 0. The molecule has 3 heterocycles. The average molecular weight is 607 g/mol. The Morgan fingerprint density at radius 2 is 1.79 bits per heavy atom. The van der Waals surface area contributed by atoms with Crippen LogP contribution < -0.4 is 14.9 Å². The first-order valence-corrected chi connectivity index (χ1v) is 13.7. The van der Waals surface area contributed by atoms with Crippen molar-refractivity contribution in [2.75, 3.05) is 13.7 Å². The normalized spacial score (nSPS) is 15.1. The van der Waals surface area contributed by atoms with Crippen molar-refractivity contribution in [3.8, 4) is 11.3 Å². The number of fused-ring (bicyclic) bond motifs is 1. The molecule has 1 aliphatic rings. The van der Waals surface area contributed by atoms with Gasteiger partial charge in [0.15, 0.2) is 4.80 Å². The van der Waals surface area contributed by atoms with E-state index in [1.54, 1.807) is 56.3 Å². The summed E-state index contributed by atoms with van der Waals surface area (Å²) >= 11 is 4.67. The van der Waals surface area contributed by atoms with Crippen LogP contribution in [-0.2, 0) is 14.3 Å². The maximum atomic E-state index is 13.7. The fourth-order valence-corrected chi connectivity index (χ4v) is 5.65. The first-order valence-electron chi connectivity index (χ1n) is 12.0. The number of hydrogen-bond acceptors (Lipinski definition) is 8. The monoisotopic (exact) mass is 606 g/mol. The Bertz CT molecular complexity index is 1780. The molecule has 8 nitrogen and oxygen atoms in total. The lowest BCUT2D eigenvalue weighted by Crippen LogP contribution is -2.39. The van der Waals surface area contributed by atoms with Gasteiger partial charge in [0.2, 0.25) is 0 Å². The molecule has 198 valence electrons. The molecule has 0 unspecified atom stereocenters. The van der Waals surface area contributed by atoms with Gasteiger partial charge in [0, 0.05) is 16.1 Å². The number of benzene rings is 2. The molecule has 2 aromatic heterocycles. The third-order valence-corrected chi connectivity index (χ3v) is 7.71. The van der Waals surface area contributed by atoms with Crippen LogP contribution in [0.4, 0.5) is 0 Å². The topological polar surface area (TPSA) is 100 Å². The fourth-order valence-electron chi connectivity index (χ4n) is 4.36. The summed E-state index contributed by atoms with van der Waals surface area (Å²) in [6, 6.07) is 17.2. The van der Waals surface area contributed by atoms with E-state index in [0.29, 0.717) is 37.7 Å². The molecule has 0 spiro atoms. The van der Waals surface area contributed by atoms with E-state index in [1.165, 1.54) is 23.0 Å². The zero-order valence-corrected chi connectivity index (χ0v) is 23.7. The minimum atomic E-state index is -0.684. The maximum absolute atomic E-state index is 13.7. The van der Waals surface area contributed by atoms with Crippen LogP contribution in [0, 0.1) is 0 Å². The van der Waals surface area contributed by atoms with Gasteiger partial charge in [-0.3, -0.25) is 9.36 Å². The molecule has 2 aromatic carbocycles. The molecular formula is C29H23BrN2O6S. The minimum Gasteiger partial charge on any atom is -0.465 e. The second-order valence-electron chi connectivity index (χ2n) is 8.62. The molecule has 1 atom stereocenters. The van der Waals surface area contributed by atoms with Crippen LogP contribution in [0.15, 0.2) is 90.6 Å². The molecule has 39 heavy (non-hydrogen) atoms. The first kappa shape index (κ1) is 26.6. The van der Waals surface area contributed by atoms with Gasteiger partial charge >= 0.3 is 11.9 Å². The van der Waals surface area contributed by atoms with E-state index in [4.69, 9.17) is 13.9 Å². The van der Waals surface area contributed by atoms with Crippen LogP contribution in [0.5, 0.6) is 0 Å². The predicted molar refractivity (Wildman–Crippen MR) is 150 cm³/mol. The van der Waals surface area contributed by atoms with Crippen molar-refractivity contribution in [1.82, 2.24) is 4.57 Å². The number of aromatic nitrogens is 1. The average Bonchev–Trinajstić information content (AvgIpc) is 3.52. The van der Waals surface area contributed by atoms with Crippen LogP contribution in [0.25, 0.3) is 17.4 Å². The lowest BCUT2D eigenvalue weighted by Gasteiger charge is -2.24. The number of thiazole rings is 1. The van der Waals surface area contributed by atoms with E-state index in [1.807, 2.05) is 24.3 Å². The second-order valence-corrected chi connectivity index (χ2v) is 10.5. The van der Waals surface area contributed by atoms with E-state index in [9.17, 15) is 14.4 Å². The number of carbonyl (C=O) groups excluding carboxylic acids is 2. The number of hydrogen-bond donors (Lipinski definition) is 0. The van der Waals surface area contributed by atoms with Crippen LogP contribution in [0.1, 0.15) is 41.6 Å². The predicted octanol–water partition coefficient (Wildman–Crippen LogP) is 4.61. The Balaban J connectivity index is 1.57. The number of nitrogens with zero attached hydrogens (tertiary/aromatic N) is 2. The smallest absolute Gasteiger partial charge is 0.338 e. The highest BCUT2D eigenvalue weighted by Crippen LogP contribution is 2.31. The highest BCUT2D eigenvalue weighted by Gasteiger charge is 2.33. The number of furan rings is 1. The molecule has 0 bridgehead atoms. The third kappa shape index (κ3) is 5.17. The van der Waals surface area contributed by atoms with Gasteiger partial charge in [-0.2, -0.15) is 0 Å². The van der Waals surface area contributed by atoms with Crippen molar-refractivity contribution >= 4 is 45.3 Å². The number of carbonyl (C=O) groups is 2. The van der Waals surface area contributed by atoms with Crippen molar-refractivity contribution < 1.29 is 23.5 Å². The highest BCUT2D eigenvalue weighted by atomic mass is 79.9. The SMILES string of the molecule is CCOC(=O)C1=C(C)N=c2s/c(=C\c3ccc(-c4ccc(C(=O)OC)cc4)o3)c(=O)n2[C@H]1c1ccc(Br)cc1. The van der Waals surface area contributed by atoms with Gasteiger partial charge in [0.05, 0.1) is 41.1 Å². The summed E-state index contributed by atoms with van der Waals surface area (Å²) in [6.07, 6.45) is 1.66. The van der Waals surface area contributed by atoms with Crippen molar-refractivity contribution in [2.45, 2.75) is 19.9 Å². The Morgan fingerprint density at radius 1 is 1.08 bits per heavy atom. The van der Waals surface area contributed by atoms with Gasteiger partial charge in [-0.25, -0.2) is 14.6 Å². The maximum Gasteiger partial charge on any atom is 0.338 e. The fraction of sp³-hybridized carbons (Fsp3) is 0.172. The van der Waals surface area contributed by atoms with Crippen molar-refractivity contribution in [2.24, 2.45) is 4.99 Å². The molecule has 4 aromatic rings. The van der Waals surface area contributed by atoms with Crippen molar-refractivity contribution in [1.29, 1.82) is 0 Å². The van der Waals surface area contributed by atoms with Crippen LogP contribution in [-0.4, -0.2) is 30.2 Å². The molecule has 0 radical (unpaired) electrons. The molecule has 0 aliphatic carbocycles. The number of allylic oxidation sites excluding steroid dienone is 1. The van der Waals surface area contributed by atoms with E-state index < -0.39 is 18.0 Å². The van der Waals surface area contributed by atoms with Crippen LogP contribution in [0.2, 0.25) is 0 Å². The Hall–Kier alpha value is -4.02. The largest absolute Gasteiger partial charge is 0.465 e. The Morgan fingerprint density at radius 3 is 2.46 bits per heavy atom. The number of halogens is 1. The summed E-state index contributed by atoms with van der Waals surface area (Å²) < 4.78 is 18.9. The third-order valence-electron chi connectivity index (χ3n) is 6.19. The molecule has 5 rings (SSSR count). The van der Waals surface area contributed by atoms with Gasteiger partial charge in [-0.15, -0.1) is 0 Å². The zero-order chi connectivity index (χ0) is 27.7. The summed E-state index contributed by atoms with van der Waals surface area (Å²) in [5.74, 6) is 0.141. The van der Waals surface area contributed by atoms with Gasteiger partial charge in [0.25, 0.3) is 5.56 Å². The van der Waals surface area contributed by atoms with E-state index >= 15 is 0 Å². The highest BCUT2D eigenvalue weighted by molar-refractivity contribution is 9.10. The number of methoxy groups -OCH3 is 1. The lowest BCUT2D eigenvalue weighted by molar-refractivity contribution is -0.139. The van der Waals surface area contributed by atoms with Gasteiger partial charge in [0.1, 0.15) is 11.5 Å². The summed E-state index contributed by atoms with van der Waals surface area (Å²) in [7, 11) is 1.33. The van der Waals surface area contributed by atoms with E-state index in [-0.39, 0.29) is 12.2 Å². The summed E-state index contributed by atoms with van der Waals surface area (Å²) in [4.78, 5) is 43.5. The Labute approximate surface area is 235 Å². The van der Waals surface area contributed by atoms with Crippen molar-refractivity contribution in [3.63, 3.8) is 0 Å².